The number of nitrogens with zero attached hydrogens (tertiary/aromatic N) is 5. The third kappa shape index (κ3) is 5.09. The number of aliphatic carboxylic acids is 1. The smallest absolute Gasteiger partial charge is 0.352 e. The van der Waals surface area contributed by atoms with Crippen LogP contribution in [0.1, 0.15) is 18.5 Å². The second-order valence-corrected chi connectivity index (χ2v) is 11.7. The molecule has 2 aromatic heterocycles. The number of carboxylic acid groups (broad SMARTS) is 1. The third-order valence-corrected chi connectivity index (χ3v) is 9.26. The third-order valence-electron chi connectivity index (χ3n) is 5.23. The Balaban J connectivity index is 1.30. The Labute approximate surface area is 219 Å². The molecule has 188 valence electrons. The van der Waals surface area contributed by atoms with Crippen molar-refractivity contribution in [1.29, 1.82) is 0 Å². The summed E-state index contributed by atoms with van der Waals surface area (Å²) in [5.74, 6) is -1.64. The Hall–Kier alpha value is -3.02. The molecule has 3 amide bonds. The fourth-order valence-corrected chi connectivity index (χ4v) is 6.95. The minimum atomic E-state index is -1.20. The predicted molar refractivity (Wildman–Crippen MR) is 133 cm³/mol. The summed E-state index contributed by atoms with van der Waals surface area (Å²) >= 11 is 5.09. The number of hydrogen-bond acceptors (Lipinski definition) is 13. The molecular formula is C19H17N7O6S4. The van der Waals surface area contributed by atoms with Crippen molar-refractivity contribution in [1.82, 2.24) is 24.8 Å². The van der Waals surface area contributed by atoms with E-state index < -0.39 is 29.2 Å². The van der Waals surface area contributed by atoms with Gasteiger partial charge < -0.3 is 20.6 Å². The molecule has 1 aliphatic carbocycles. The molecular weight excluding hydrogens is 551 g/mol. The first-order valence-electron chi connectivity index (χ1n) is 10.5. The summed E-state index contributed by atoms with van der Waals surface area (Å²) in [5, 5.41) is 23.9. The number of hydrogen-bond donors (Lipinski definition) is 3. The number of fused-ring (bicyclic) bond motifs is 1. The van der Waals surface area contributed by atoms with E-state index in [-0.39, 0.29) is 28.3 Å². The number of nitrogens with one attached hydrogen (secondary N) is 2. The van der Waals surface area contributed by atoms with E-state index in [4.69, 9.17) is 4.84 Å². The predicted octanol–water partition coefficient (Wildman–Crippen LogP) is 0.977. The molecule has 3 N–H and O–H groups in total. The molecule has 3 aliphatic rings. The maximum atomic E-state index is 13.1. The number of thiazole rings is 1. The molecule has 36 heavy (non-hydrogen) atoms. The summed E-state index contributed by atoms with van der Waals surface area (Å²) in [7, 11) is 0. The average Bonchev–Trinajstić information content (AvgIpc) is 3.33. The number of amides is 3. The van der Waals surface area contributed by atoms with Crippen LogP contribution in [0.15, 0.2) is 32.2 Å². The molecule has 0 aromatic carbocycles. The van der Waals surface area contributed by atoms with Crippen molar-refractivity contribution in [2.45, 2.75) is 34.6 Å². The van der Waals surface area contributed by atoms with Gasteiger partial charge in [0, 0.05) is 16.9 Å². The summed E-state index contributed by atoms with van der Waals surface area (Å²) in [6, 6.07) is -0.936. The highest BCUT2D eigenvalue weighted by Gasteiger charge is 2.54. The van der Waals surface area contributed by atoms with Gasteiger partial charge >= 0.3 is 5.97 Å². The summed E-state index contributed by atoms with van der Waals surface area (Å²) in [6.07, 6.45) is 3.64. The summed E-state index contributed by atoms with van der Waals surface area (Å²) in [6.45, 7) is 0. The van der Waals surface area contributed by atoms with E-state index in [1.165, 1.54) is 40.0 Å². The van der Waals surface area contributed by atoms with E-state index in [1.807, 2.05) is 0 Å². The first-order chi connectivity index (χ1) is 17.5. The van der Waals surface area contributed by atoms with Crippen molar-refractivity contribution in [2.75, 3.05) is 16.8 Å². The molecule has 2 aliphatic heterocycles. The molecule has 2 fully saturated rings. The molecule has 2 aromatic rings. The van der Waals surface area contributed by atoms with Crippen LogP contribution in [0.2, 0.25) is 0 Å². The normalized spacial score (nSPS) is 21.5. The number of thioether (sulfide) groups is 2. The summed E-state index contributed by atoms with van der Waals surface area (Å²) < 4.78 is 4.63. The van der Waals surface area contributed by atoms with E-state index in [0.29, 0.717) is 23.5 Å². The fourth-order valence-electron chi connectivity index (χ4n) is 3.39. The average molecular weight is 568 g/mol. The zero-order valence-electron chi connectivity index (χ0n) is 18.2. The van der Waals surface area contributed by atoms with Gasteiger partial charge in [0.05, 0.1) is 6.20 Å². The number of oxime groups is 1. The van der Waals surface area contributed by atoms with Gasteiger partial charge in [-0.3, -0.25) is 19.3 Å². The van der Waals surface area contributed by atoms with E-state index >= 15 is 0 Å². The van der Waals surface area contributed by atoms with Crippen LogP contribution in [0, 0.1) is 0 Å². The molecule has 0 unspecified atom stereocenters. The van der Waals surface area contributed by atoms with Crippen molar-refractivity contribution >= 4 is 81.4 Å². The SMILES string of the molecule is O=CNc1nc(C(=NOC2CC2)C(=O)N[C@@H]2C(=O)N3C(C(=O)O)=C(CSc4cnns4)CS[C@@H]23)cs1. The highest BCUT2D eigenvalue weighted by molar-refractivity contribution is 8.01. The van der Waals surface area contributed by atoms with Crippen molar-refractivity contribution in [2.24, 2.45) is 5.16 Å². The summed E-state index contributed by atoms with van der Waals surface area (Å²) in [5.41, 5.74) is 0.603. The molecule has 13 nitrogen and oxygen atoms in total. The van der Waals surface area contributed by atoms with E-state index in [0.717, 1.165) is 28.4 Å². The quantitative estimate of drug-likeness (QED) is 0.116. The number of rotatable bonds is 11. The summed E-state index contributed by atoms with van der Waals surface area (Å²) in [4.78, 5) is 59.6. The van der Waals surface area contributed by atoms with Gasteiger partial charge in [0.15, 0.2) is 10.8 Å². The number of carbonyl (C=O) groups is 4. The Morgan fingerprint density at radius 3 is 2.92 bits per heavy atom. The van der Waals surface area contributed by atoms with Gasteiger partial charge in [0.2, 0.25) is 6.41 Å². The maximum absolute atomic E-state index is 13.1. The van der Waals surface area contributed by atoms with Gasteiger partial charge in [0.1, 0.15) is 33.1 Å². The monoisotopic (exact) mass is 567 g/mol. The van der Waals surface area contributed by atoms with Crippen LogP contribution in [0.3, 0.4) is 0 Å². The second kappa shape index (κ2) is 10.5. The topological polar surface area (TPSA) is 176 Å². The molecule has 17 heteroatoms. The molecule has 2 atom stereocenters. The molecule has 4 heterocycles. The van der Waals surface area contributed by atoms with E-state index in [1.54, 1.807) is 11.6 Å². The van der Waals surface area contributed by atoms with Crippen LogP contribution < -0.4 is 10.6 Å². The standard InChI is InChI=1S/C19H17N7O6S4/c27-7-20-19-22-10(6-35-19)12(24-32-9-1-2-9)15(28)23-13-16(29)26-14(18(30)31)8(5-34-17(13)26)4-33-11-3-21-25-36-11/h3,6-7,9,13,17H,1-2,4-5H2,(H,23,28)(H,30,31)(H,20,22,27)/t13-,17+/m1/s1. The number of β-lactam (4-membered cyclic amide) rings is 1. The van der Waals surface area contributed by atoms with Crippen LogP contribution in [0.4, 0.5) is 5.13 Å². The second-order valence-electron chi connectivity index (χ2n) is 7.69. The largest absolute Gasteiger partial charge is 0.477 e. The van der Waals surface area contributed by atoms with Gasteiger partial charge in [-0.2, -0.15) is 0 Å². The molecule has 0 bridgehead atoms. The molecule has 0 spiro atoms. The van der Waals surface area contributed by atoms with E-state index in [9.17, 15) is 24.3 Å². The lowest BCUT2D eigenvalue weighted by molar-refractivity contribution is -0.150. The zero-order chi connectivity index (χ0) is 25.2. The Morgan fingerprint density at radius 2 is 2.22 bits per heavy atom. The minimum Gasteiger partial charge on any atom is -0.477 e. The lowest BCUT2D eigenvalue weighted by Gasteiger charge is -2.49. The molecule has 1 saturated heterocycles. The fraction of sp³-hybridized carbons (Fsp3) is 0.368. The lowest BCUT2D eigenvalue weighted by Crippen LogP contribution is -2.71. The van der Waals surface area contributed by atoms with Gasteiger partial charge in [-0.15, -0.1) is 40.0 Å². The van der Waals surface area contributed by atoms with Crippen molar-refractivity contribution in [3.05, 3.63) is 28.5 Å². The zero-order valence-corrected chi connectivity index (χ0v) is 21.4. The first-order valence-corrected chi connectivity index (χ1v) is 14.2. The van der Waals surface area contributed by atoms with Crippen LogP contribution >= 0.6 is 46.4 Å². The van der Waals surface area contributed by atoms with Crippen LogP contribution in [-0.2, 0) is 24.0 Å². The van der Waals surface area contributed by atoms with Crippen molar-refractivity contribution < 1.29 is 29.1 Å². The molecule has 5 rings (SSSR count). The van der Waals surface area contributed by atoms with Crippen molar-refractivity contribution in [3.8, 4) is 0 Å². The number of carbonyl (C=O) groups excluding carboxylic acids is 3. The highest BCUT2D eigenvalue weighted by atomic mass is 32.2. The van der Waals surface area contributed by atoms with Gasteiger partial charge in [-0.05, 0) is 29.9 Å². The Morgan fingerprint density at radius 1 is 1.39 bits per heavy atom. The number of anilines is 1. The minimum absolute atomic E-state index is 0.0609. The van der Waals surface area contributed by atoms with Gasteiger partial charge in [-0.25, -0.2) is 9.78 Å². The van der Waals surface area contributed by atoms with Crippen LogP contribution in [0.25, 0.3) is 0 Å². The molecule has 1 saturated carbocycles. The highest BCUT2D eigenvalue weighted by Crippen LogP contribution is 2.41. The van der Waals surface area contributed by atoms with Crippen LogP contribution in [-0.4, -0.2) is 83.5 Å². The van der Waals surface area contributed by atoms with Crippen molar-refractivity contribution in [3.63, 3.8) is 0 Å². The molecule has 0 radical (unpaired) electrons. The van der Waals surface area contributed by atoms with Gasteiger partial charge in [-0.1, -0.05) is 9.64 Å². The van der Waals surface area contributed by atoms with E-state index in [2.05, 4.69) is 30.4 Å². The number of carboxylic acids is 1. The van der Waals surface area contributed by atoms with Gasteiger partial charge in [0.25, 0.3) is 11.8 Å². The van der Waals surface area contributed by atoms with Crippen LogP contribution in [0.5, 0.6) is 0 Å². The Kier molecular flexibility index (Phi) is 7.22. The maximum Gasteiger partial charge on any atom is 0.352 e. The lowest BCUT2D eigenvalue weighted by atomic mass is 10.0. The number of aromatic nitrogens is 3. The first kappa shape index (κ1) is 24.7. The Bertz CT molecular complexity index is 1260.